The highest BCUT2D eigenvalue weighted by molar-refractivity contribution is 5.69. The summed E-state index contributed by atoms with van der Waals surface area (Å²) in [5, 5.41) is 3.40. The smallest absolute Gasteiger partial charge is 0.328 e. The van der Waals surface area contributed by atoms with Crippen molar-refractivity contribution in [2.75, 3.05) is 13.1 Å². The van der Waals surface area contributed by atoms with E-state index < -0.39 is 0 Å². The number of imidazole rings is 1. The van der Waals surface area contributed by atoms with Gasteiger partial charge in [-0.2, -0.15) is 0 Å². The van der Waals surface area contributed by atoms with Crippen LogP contribution in [-0.4, -0.2) is 31.8 Å². The average Bonchev–Trinajstić information content (AvgIpc) is 3.18. The number of hydrogen-bond acceptors (Lipinski definition) is 4. The Balaban J connectivity index is 1.51. The van der Waals surface area contributed by atoms with Crippen LogP contribution in [-0.2, 0) is 20.6 Å². The summed E-state index contributed by atoms with van der Waals surface area (Å²) in [6.07, 6.45) is 15.6. The van der Waals surface area contributed by atoms with Crippen molar-refractivity contribution in [3.63, 3.8) is 0 Å². The Kier molecular flexibility index (Phi) is 11.9. The molecule has 0 unspecified atom stereocenters. The van der Waals surface area contributed by atoms with Crippen molar-refractivity contribution in [2.24, 2.45) is 14.1 Å². The van der Waals surface area contributed by atoms with Gasteiger partial charge in [0.25, 0.3) is 5.56 Å². The van der Waals surface area contributed by atoms with Crippen LogP contribution >= 0.6 is 0 Å². The highest BCUT2D eigenvalue weighted by Gasteiger charge is 2.14. The molecule has 0 amide bonds. The highest BCUT2D eigenvalue weighted by Crippen LogP contribution is 2.10. The van der Waals surface area contributed by atoms with E-state index >= 15 is 0 Å². The average molecular weight is 444 g/mol. The SMILES string of the molecule is CCCCC#CCNCCCCCCCCCCCn1c(=O)c2c(ncn2C)n(C)c1=O. The number of nitrogens with zero attached hydrogens (tertiary/aromatic N) is 4. The van der Waals surface area contributed by atoms with Crippen molar-refractivity contribution in [1.29, 1.82) is 0 Å². The van der Waals surface area contributed by atoms with Crippen molar-refractivity contribution in [2.45, 2.75) is 90.5 Å². The third-order valence-corrected chi connectivity index (χ3v) is 5.93. The predicted molar refractivity (Wildman–Crippen MR) is 132 cm³/mol. The van der Waals surface area contributed by atoms with Gasteiger partial charge in [0, 0.05) is 27.1 Å². The standard InChI is InChI=1S/C25H41N5O2/c1-4-5-6-12-15-18-26-19-16-13-10-8-7-9-11-14-17-20-30-24(31)22-23(27-21-28(22)2)29(3)25(30)32/h21,26H,4-11,13-14,16-20H2,1-3H3. The zero-order valence-electron chi connectivity index (χ0n) is 20.3. The Morgan fingerprint density at radius 3 is 2.25 bits per heavy atom. The topological polar surface area (TPSA) is 73.8 Å². The quantitative estimate of drug-likeness (QED) is 0.336. The van der Waals surface area contributed by atoms with Crippen LogP contribution in [0.15, 0.2) is 15.9 Å². The molecule has 0 bridgehead atoms. The monoisotopic (exact) mass is 443 g/mol. The molecule has 0 radical (unpaired) electrons. The van der Waals surface area contributed by atoms with Gasteiger partial charge in [-0.15, -0.1) is 5.92 Å². The lowest BCUT2D eigenvalue weighted by Gasteiger charge is -2.08. The van der Waals surface area contributed by atoms with Crippen molar-refractivity contribution < 1.29 is 0 Å². The van der Waals surface area contributed by atoms with E-state index in [2.05, 4.69) is 29.1 Å². The van der Waals surface area contributed by atoms with E-state index in [4.69, 9.17) is 0 Å². The lowest BCUT2D eigenvalue weighted by molar-refractivity contribution is 0.514. The second kappa shape index (κ2) is 14.7. The molecule has 7 heteroatoms. The first-order chi connectivity index (χ1) is 15.6. The Morgan fingerprint density at radius 2 is 1.56 bits per heavy atom. The van der Waals surface area contributed by atoms with Crippen molar-refractivity contribution in [3.05, 3.63) is 27.2 Å². The maximum absolute atomic E-state index is 12.7. The second-order valence-electron chi connectivity index (χ2n) is 8.64. The van der Waals surface area contributed by atoms with Gasteiger partial charge in [-0.25, -0.2) is 9.78 Å². The molecule has 0 saturated heterocycles. The van der Waals surface area contributed by atoms with Gasteiger partial charge in [0.05, 0.1) is 12.9 Å². The van der Waals surface area contributed by atoms with Crippen LogP contribution < -0.4 is 16.6 Å². The van der Waals surface area contributed by atoms with E-state index in [9.17, 15) is 9.59 Å². The van der Waals surface area contributed by atoms with E-state index in [0.29, 0.717) is 17.7 Å². The fourth-order valence-corrected chi connectivity index (χ4v) is 3.92. The summed E-state index contributed by atoms with van der Waals surface area (Å²) < 4.78 is 4.51. The van der Waals surface area contributed by atoms with Gasteiger partial charge < -0.3 is 9.88 Å². The first-order valence-corrected chi connectivity index (χ1v) is 12.3. The number of rotatable bonds is 15. The second-order valence-corrected chi connectivity index (χ2v) is 8.64. The van der Waals surface area contributed by atoms with Crippen LogP contribution in [0.5, 0.6) is 0 Å². The zero-order valence-corrected chi connectivity index (χ0v) is 20.3. The normalized spacial score (nSPS) is 11.1. The Labute approximate surface area is 192 Å². The van der Waals surface area contributed by atoms with Gasteiger partial charge in [-0.3, -0.25) is 13.9 Å². The summed E-state index contributed by atoms with van der Waals surface area (Å²) in [6, 6.07) is 0. The zero-order chi connectivity index (χ0) is 23.2. The van der Waals surface area contributed by atoms with Crippen molar-refractivity contribution in [3.8, 4) is 11.8 Å². The molecule has 0 atom stereocenters. The molecule has 2 aromatic heterocycles. The molecule has 32 heavy (non-hydrogen) atoms. The van der Waals surface area contributed by atoms with E-state index in [-0.39, 0.29) is 11.2 Å². The molecule has 2 rings (SSSR count). The van der Waals surface area contributed by atoms with Gasteiger partial charge >= 0.3 is 5.69 Å². The van der Waals surface area contributed by atoms with Gasteiger partial charge in [-0.1, -0.05) is 64.2 Å². The number of fused-ring (bicyclic) bond motifs is 1. The summed E-state index contributed by atoms with van der Waals surface area (Å²) in [4.78, 5) is 29.3. The largest absolute Gasteiger partial charge is 0.332 e. The molecule has 2 heterocycles. The lowest BCUT2D eigenvalue weighted by atomic mass is 10.1. The maximum Gasteiger partial charge on any atom is 0.332 e. The van der Waals surface area contributed by atoms with Crippen molar-refractivity contribution >= 4 is 11.2 Å². The predicted octanol–water partition coefficient (Wildman–Crippen LogP) is 3.73. The summed E-state index contributed by atoms with van der Waals surface area (Å²) in [5.41, 5.74) is 0.424. The Bertz CT molecular complexity index is 990. The number of nitrogens with one attached hydrogen (secondary N) is 1. The molecule has 0 aromatic carbocycles. The summed E-state index contributed by atoms with van der Waals surface area (Å²) in [5.74, 6) is 6.38. The number of unbranched alkanes of at least 4 members (excludes halogenated alkanes) is 10. The molecular formula is C25H41N5O2. The first-order valence-electron chi connectivity index (χ1n) is 12.3. The molecule has 0 aliphatic rings. The van der Waals surface area contributed by atoms with Crippen LogP contribution in [0.4, 0.5) is 0 Å². The molecule has 2 aromatic rings. The van der Waals surface area contributed by atoms with E-state index in [1.54, 1.807) is 25.0 Å². The Hall–Kier alpha value is -2.33. The molecule has 0 saturated carbocycles. The van der Waals surface area contributed by atoms with Crippen LogP contribution in [0, 0.1) is 11.8 Å². The number of aromatic nitrogens is 4. The van der Waals surface area contributed by atoms with E-state index in [1.165, 1.54) is 60.5 Å². The Morgan fingerprint density at radius 1 is 0.906 bits per heavy atom. The molecule has 0 fully saturated rings. The van der Waals surface area contributed by atoms with Gasteiger partial charge in [0.2, 0.25) is 0 Å². The molecule has 1 N–H and O–H groups in total. The molecule has 178 valence electrons. The fraction of sp³-hybridized carbons (Fsp3) is 0.720. The molecular weight excluding hydrogens is 402 g/mol. The van der Waals surface area contributed by atoms with Gasteiger partial charge in [-0.05, 0) is 25.8 Å². The van der Waals surface area contributed by atoms with Crippen LogP contribution in [0.1, 0.15) is 84.0 Å². The van der Waals surface area contributed by atoms with Gasteiger partial charge in [0.15, 0.2) is 11.2 Å². The van der Waals surface area contributed by atoms with Crippen LogP contribution in [0.3, 0.4) is 0 Å². The number of aryl methyl sites for hydroxylation is 2. The van der Waals surface area contributed by atoms with Crippen LogP contribution in [0.2, 0.25) is 0 Å². The first kappa shape index (κ1) is 25.9. The lowest BCUT2D eigenvalue weighted by Crippen LogP contribution is -2.39. The summed E-state index contributed by atoms with van der Waals surface area (Å²) in [7, 11) is 3.46. The van der Waals surface area contributed by atoms with Crippen molar-refractivity contribution in [1.82, 2.24) is 24.0 Å². The minimum Gasteiger partial charge on any atom is -0.328 e. The third-order valence-electron chi connectivity index (χ3n) is 5.93. The third kappa shape index (κ3) is 7.98. The molecule has 0 aliphatic heterocycles. The molecule has 0 spiro atoms. The summed E-state index contributed by atoms with van der Waals surface area (Å²) >= 11 is 0. The van der Waals surface area contributed by atoms with Gasteiger partial charge in [0.1, 0.15) is 0 Å². The summed E-state index contributed by atoms with van der Waals surface area (Å²) in [6.45, 7) is 4.55. The highest BCUT2D eigenvalue weighted by atomic mass is 16.2. The minimum absolute atomic E-state index is 0.235. The van der Waals surface area contributed by atoms with Crippen LogP contribution in [0.25, 0.3) is 11.2 Å². The molecule has 7 nitrogen and oxygen atoms in total. The number of hydrogen-bond donors (Lipinski definition) is 1. The molecule has 0 aliphatic carbocycles. The maximum atomic E-state index is 12.7. The van der Waals surface area contributed by atoms with E-state index in [1.807, 2.05) is 0 Å². The minimum atomic E-state index is -0.278. The van der Waals surface area contributed by atoms with E-state index in [0.717, 1.165) is 38.8 Å². The fourth-order valence-electron chi connectivity index (χ4n) is 3.92.